The highest BCUT2D eigenvalue weighted by atomic mass is 35.5. The lowest BCUT2D eigenvalue weighted by Crippen LogP contribution is -2.12. The minimum Gasteiger partial charge on any atom is -0.439 e. The quantitative estimate of drug-likeness (QED) is 0.908. The van der Waals surface area contributed by atoms with Crippen LogP contribution in [0.15, 0.2) is 18.2 Å². The summed E-state index contributed by atoms with van der Waals surface area (Å²) >= 11 is 11.9. The maximum Gasteiger partial charge on any atom is 0.222 e. The van der Waals surface area contributed by atoms with Gasteiger partial charge in [0.2, 0.25) is 5.88 Å². The summed E-state index contributed by atoms with van der Waals surface area (Å²) in [5.41, 5.74) is 1.99. The van der Waals surface area contributed by atoms with Gasteiger partial charge in [0.25, 0.3) is 0 Å². The van der Waals surface area contributed by atoms with Crippen molar-refractivity contribution in [2.24, 2.45) is 7.05 Å². The fraction of sp³-hybridized carbons (Fsp3) is 0.357. The molecule has 2 aromatic rings. The normalized spacial score (nSPS) is 10.8. The van der Waals surface area contributed by atoms with Gasteiger partial charge in [-0.25, -0.2) is 4.68 Å². The van der Waals surface area contributed by atoms with Gasteiger partial charge in [0.15, 0.2) is 0 Å². The molecule has 1 aromatic heterocycles. The second-order valence-corrected chi connectivity index (χ2v) is 5.27. The lowest BCUT2D eigenvalue weighted by Gasteiger charge is -2.10. The molecule has 1 aromatic carbocycles. The van der Waals surface area contributed by atoms with E-state index in [1.807, 2.05) is 14.0 Å². The van der Waals surface area contributed by atoms with Crippen molar-refractivity contribution in [2.45, 2.75) is 20.4 Å². The molecule has 6 heteroatoms. The summed E-state index contributed by atoms with van der Waals surface area (Å²) in [4.78, 5) is 0. The first kappa shape index (κ1) is 15.2. The number of nitrogens with one attached hydrogen (secondary N) is 1. The van der Waals surface area contributed by atoms with Gasteiger partial charge in [-0.1, -0.05) is 30.1 Å². The Kier molecular flexibility index (Phi) is 4.91. The van der Waals surface area contributed by atoms with Crippen LogP contribution in [0.1, 0.15) is 18.2 Å². The highest BCUT2D eigenvalue weighted by Gasteiger charge is 2.15. The Morgan fingerprint density at radius 1 is 1.30 bits per heavy atom. The van der Waals surface area contributed by atoms with Crippen molar-refractivity contribution in [3.63, 3.8) is 0 Å². The standard InChI is InChI=1S/C14H17Cl2N3O/c1-4-17-8-11-9(2)18-19(3)14(11)20-10-5-6-12(15)13(16)7-10/h5-7,17H,4,8H2,1-3H3. The third-order valence-corrected chi connectivity index (χ3v) is 3.69. The van der Waals surface area contributed by atoms with Crippen LogP contribution < -0.4 is 10.1 Å². The molecule has 20 heavy (non-hydrogen) atoms. The van der Waals surface area contributed by atoms with Crippen molar-refractivity contribution in [3.8, 4) is 11.6 Å². The number of nitrogens with zero attached hydrogens (tertiary/aromatic N) is 2. The molecule has 2 rings (SSSR count). The predicted octanol–water partition coefficient (Wildman–Crippen LogP) is 3.94. The first-order valence-electron chi connectivity index (χ1n) is 6.39. The Balaban J connectivity index is 2.29. The van der Waals surface area contributed by atoms with Crippen molar-refractivity contribution < 1.29 is 4.74 Å². The van der Waals surface area contributed by atoms with Crippen molar-refractivity contribution in [1.29, 1.82) is 0 Å². The lowest BCUT2D eigenvalue weighted by atomic mass is 10.2. The molecule has 4 nitrogen and oxygen atoms in total. The van der Waals surface area contributed by atoms with Crippen LogP contribution in [-0.2, 0) is 13.6 Å². The van der Waals surface area contributed by atoms with Gasteiger partial charge >= 0.3 is 0 Å². The Labute approximate surface area is 128 Å². The van der Waals surface area contributed by atoms with E-state index in [0.29, 0.717) is 28.2 Å². The van der Waals surface area contributed by atoms with Crippen LogP contribution in [0.3, 0.4) is 0 Å². The van der Waals surface area contributed by atoms with E-state index in [2.05, 4.69) is 17.3 Å². The topological polar surface area (TPSA) is 39.1 Å². The molecule has 0 unspecified atom stereocenters. The predicted molar refractivity (Wildman–Crippen MR) is 81.9 cm³/mol. The average molecular weight is 314 g/mol. The monoisotopic (exact) mass is 313 g/mol. The van der Waals surface area contributed by atoms with Gasteiger partial charge in [-0.15, -0.1) is 0 Å². The van der Waals surface area contributed by atoms with Crippen LogP contribution in [0.5, 0.6) is 11.6 Å². The molecule has 0 bridgehead atoms. The van der Waals surface area contributed by atoms with E-state index in [1.165, 1.54) is 0 Å². The fourth-order valence-corrected chi connectivity index (χ4v) is 2.20. The van der Waals surface area contributed by atoms with E-state index in [-0.39, 0.29) is 0 Å². The van der Waals surface area contributed by atoms with Crippen LogP contribution in [0.4, 0.5) is 0 Å². The van der Waals surface area contributed by atoms with Gasteiger partial charge in [0, 0.05) is 19.7 Å². The van der Waals surface area contributed by atoms with Gasteiger partial charge < -0.3 is 10.1 Å². The number of halogens is 2. The Morgan fingerprint density at radius 2 is 2.05 bits per heavy atom. The lowest BCUT2D eigenvalue weighted by molar-refractivity contribution is 0.424. The number of ether oxygens (including phenoxy) is 1. The molecule has 0 aliphatic heterocycles. The van der Waals surface area contributed by atoms with Gasteiger partial charge in [-0.2, -0.15) is 5.10 Å². The van der Waals surface area contributed by atoms with Crippen molar-refractivity contribution in [3.05, 3.63) is 39.5 Å². The second-order valence-electron chi connectivity index (χ2n) is 4.45. The highest BCUT2D eigenvalue weighted by molar-refractivity contribution is 6.42. The van der Waals surface area contributed by atoms with Crippen LogP contribution >= 0.6 is 23.2 Å². The summed E-state index contributed by atoms with van der Waals surface area (Å²) in [6, 6.07) is 5.20. The molecular formula is C14H17Cl2N3O. The molecule has 0 fully saturated rings. The minimum atomic E-state index is 0.469. The van der Waals surface area contributed by atoms with Crippen molar-refractivity contribution in [1.82, 2.24) is 15.1 Å². The molecule has 0 aliphatic rings. The summed E-state index contributed by atoms with van der Waals surface area (Å²) in [6.45, 7) is 5.63. The molecule has 0 spiro atoms. The summed E-state index contributed by atoms with van der Waals surface area (Å²) in [7, 11) is 1.86. The molecule has 1 N–H and O–H groups in total. The smallest absolute Gasteiger partial charge is 0.222 e. The van der Waals surface area contributed by atoms with Gasteiger partial charge in [-0.05, 0) is 25.6 Å². The fourth-order valence-electron chi connectivity index (χ4n) is 1.91. The maximum atomic E-state index is 6.00. The van der Waals surface area contributed by atoms with Crippen LogP contribution in [-0.4, -0.2) is 16.3 Å². The third kappa shape index (κ3) is 3.26. The number of benzene rings is 1. The van der Waals surface area contributed by atoms with Gasteiger partial charge in [0.05, 0.1) is 21.3 Å². The third-order valence-electron chi connectivity index (χ3n) is 2.95. The second kappa shape index (κ2) is 6.48. The molecule has 0 atom stereocenters. The Bertz CT molecular complexity index is 611. The zero-order valence-corrected chi connectivity index (χ0v) is 13.2. The van der Waals surface area contributed by atoms with E-state index in [1.54, 1.807) is 22.9 Å². The summed E-state index contributed by atoms with van der Waals surface area (Å²) < 4.78 is 7.64. The summed E-state index contributed by atoms with van der Waals surface area (Å²) in [5, 5.41) is 8.65. The van der Waals surface area contributed by atoms with Crippen molar-refractivity contribution in [2.75, 3.05) is 6.54 Å². The zero-order chi connectivity index (χ0) is 14.7. The highest BCUT2D eigenvalue weighted by Crippen LogP contribution is 2.31. The molecule has 0 saturated heterocycles. The van der Waals surface area contributed by atoms with E-state index in [0.717, 1.165) is 17.8 Å². The first-order chi connectivity index (χ1) is 9.52. The molecule has 108 valence electrons. The number of rotatable bonds is 5. The maximum absolute atomic E-state index is 6.00. The summed E-state index contributed by atoms with van der Waals surface area (Å²) in [5.74, 6) is 1.35. The minimum absolute atomic E-state index is 0.469. The van der Waals surface area contributed by atoms with E-state index < -0.39 is 0 Å². The summed E-state index contributed by atoms with van der Waals surface area (Å²) in [6.07, 6.45) is 0. The molecule has 1 heterocycles. The van der Waals surface area contributed by atoms with E-state index in [9.17, 15) is 0 Å². The average Bonchev–Trinajstić information content (AvgIpc) is 2.66. The molecular weight excluding hydrogens is 297 g/mol. The Hall–Kier alpha value is -1.23. The largest absolute Gasteiger partial charge is 0.439 e. The first-order valence-corrected chi connectivity index (χ1v) is 7.14. The van der Waals surface area contributed by atoms with Crippen molar-refractivity contribution >= 4 is 23.2 Å². The number of aryl methyl sites for hydroxylation is 2. The van der Waals surface area contributed by atoms with E-state index >= 15 is 0 Å². The molecule has 0 amide bonds. The van der Waals surface area contributed by atoms with Crippen LogP contribution in [0, 0.1) is 6.92 Å². The van der Waals surface area contributed by atoms with Crippen LogP contribution in [0.2, 0.25) is 10.0 Å². The van der Waals surface area contributed by atoms with E-state index in [4.69, 9.17) is 27.9 Å². The van der Waals surface area contributed by atoms with Gasteiger partial charge in [-0.3, -0.25) is 0 Å². The number of aromatic nitrogens is 2. The van der Waals surface area contributed by atoms with Crippen LogP contribution in [0.25, 0.3) is 0 Å². The number of hydrogen-bond acceptors (Lipinski definition) is 3. The Morgan fingerprint density at radius 3 is 2.70 bits per heavy atom. The number of hydrogen-bond donors (Lipinski definition) is 1. The molecule has 0 saturated carbocycles. The molecule has 0 aliphatic carbocycles. The van der Waals surface area contributed by atoms with Gasteiger partial charge in [0.1, 0.15) is 5.75 Å². The SMILES string of the molecule is CCNCc1c(C)nn(C)c1Oc1ccc(Cl)c(Cl)c1. The zero-order valence-electron chi connectivity index (χ0n) is 11.7. The molecule has 0 radical (unpaired) electrons.